The molecule has 2 atom stereocenters. The average molecular weight is 381 g/mol. The summed E-state index contributed by atoms with van der Waals surface area (Å²) < 4.78 is 13.0. The first-order valence-electron chi connectivity index (χ1n) is 10.1. The molecule has 0 saturated carbocycles. The van der Waals surface area contributed by atoms with E-state index in [-0.39, 0.29) is 0 Å². The molecule has 3 aromatic rings. The molecule has 2 aromatic carbocycles. The summed E-state index contributed by atoms with van der Waals surface area (Å²) in [5, 5.41) is 5.90. The SMILES string of the molecule is COc1cc(OC)cc(C(C)CCC(C)n2ncc3cc(C(C)C)ccc32)c1. The molecular formula is C24H32N2O2. The lowest BCUT2D eigenvalue weighted by molar-refractivity contribution is 0.391. The minimum absolute atomic E-state index is 0.345. The molecule has 0 spiro atoms. The van der Waals surface area contributed by atoms with Crippen molar-refractivity contribution in [2.45, 2.75) is 58.4 Å². The van der Waals surface area contributed by atoms with Gasteiger partial charge in [-0.3, -0.25) is 4.68 Å². The van der Waals surface area contributed by atoms with Crippen LogP contribution in [-0.4, -0.2) is 24.0 Å². The van der Waals surface area contributed by atoms with Crippen LogP contribution in [0.2, 0.25) is 0 Å². The second-order valence-corrected chi connectivity index (χ2v) is 8.04. The van der Waals surface area contributed by atoms with Gasteiger partial charge in [0.25, 0.3) is 0 Å². The van der Waals surface area contributed by atoms with Gasteiger partial charge in [0, 0.05) is 17.5 Å². The van der Waals surface area contributed by atoms with E-state index in [0.29, 0.717) is 17.9 Å². The molecular weight excluding hydrogens is 348 g/mol. The summed E-state index contributed by atoms with van der Waals surface area (Å²) in [4.78, 5) is 0. The first-order valence-corrected chi connectivity index (χ1v) is 10.1. The Morgan fingerprint density at radius 1 is 0.857 bits per heavy atom. The quantitative estimate of drug-likeness (QED) is 0.459. The van der Waals surface area contributed by atoms with Crippen LogP contribution < -0.4 is 9.47 Å². The van der Waals surface area contributed by atoms with E-state index in [1.807, 2.05) is 12.3 Å². The van der Waals surface area contributed by atoms with Crippen molar-refractivity contribution >= 4 is 10.9 Å². The van der Waals surface area contributed by atoms with Crippen molar-refractivity contribution in [2.75, 3.05) is 14.2 Å². The van der Waals surface area contributed by atoms with Crippen molar-refractivity contribution in [3.63, 3.8) is 0 Å². The third-order valence-electron chi connectivity index (χ3n) is 5.66. The summed E-state index contributed by atoms with van der Waals surface area (Å²) in [6, 6.07) is 13.2. The fraction of sp³-hybridized carbons (Fsp3) is 0.458. The van der Waals surface area contributed by atoms with Gasteiger partial charge < -0.3 is 9.47 Å². The Morgan fingerprint density at radius 3 is 2.14 bits per heavy atom. The van der Waals surface area contributed by atoms with Gasteiger partial charge in [-0.15, -0.1) is 0 Å². The normalized spacial score (nSPS) is 13.7. The highest BCUT2D eigenvalue weighted by Gasteiger charge is 2.15. The van der Waals surface area contributed by atoms with Crippen LogP contribution >= 0.6 is 0 Å². The van der Waals surface area contributed by atoms with Crippen LogP contribution in [-0.2, 0) is 0 Å². The molecule has 4 heteroatoms. The Balaban J connectivity index is 1.72. The first-order chi connectivity index (χ1) is 13.4. The van der Waals surface area contributed by atoms with Gasteiger partial charge in [-0.1, -0.05) is 26.8 Å². The van der Waals surface area contributed by atoms with Gasteiger partial charge in [0.2, 0.25) is 0 Å². The Labute approximate surface area is 168 Å². The molecule has 0 radical (unpaired) electrons. The molecule has 1 aromatic heterocycles. The van der Waals surface area contributed by atoms with Gasteiger partial charge in [-0.25, -0.2) is 0 Å². The molecule has 28 heavy (non-hydrogen) atoms. The summed E-state index contributed by atoms with van der Waals surface area (Å²) >= 11 is 0. The highest BCUT2D eigenvalue weighted by Crippen LogP contribution is 2.32. The van der Waals surface area contributed by atoms with Crippen LogP contribution in [0.4, 0.5) is 0 Å². The van der Waals surface area contributed by atoms with Gasteiger partial charge in [0.05, 0.1) is 25.9 Å². The third-order valence-corrected chi connectivity index (χ3v) is 5.66. The van der Waals surface area contributed by atoms with Gasteiger partial charge in [-0.2, -0.15) is 5.10 Å². The Kier molecular flexibility index (Phi) is 6.28. The number of hydrogen-bond donors (Lipinski definition) is 0. The number of hydrogen-bond acceptors (Lipinski definition) is 3. The predicted molar refractivity (Wildman–Crippen MR) is 116 cm³/mol. The third kappa shape index (κ3) is 4.32. The van der Waals surface area contributed by atoms with E-state index in [0.717, 1.165) is 24.3 Å². The second kappa shape index (κ2) is 8.68. The summed E-state index contributed by atoms with van der Waals surface area (Å²) in [5.74, 6) is 2.63. The molecule has 0 saturated heterocycles. The number of methoxy groups -OCH3 is 2. The number of aromatic nitrogens is 2. The maximum absolute atomic E-state index is 5.41. The molecule has 0 bridgehead atoms. The van der Waals surface area contributed by atoms with E-state index in [1.165, 1.54) is 22.0 Å². The molecule has 4 nitrogen and oxygen atoms in total. The van der Waals surface area contributed by atoms with Crippen molar-refractivity contribution in [3.05, 3.63) is 53.7 Å². The summed E-state index contributed by atoms with van der Waals surface area (Å²) in [7, 11) is 3.39. The molecule has 1 heterocycles. The number of fused-ring (bicyclic) bond motifs is 1. The maximum atomic E-state index is 5.41. The van der Waals surface area contributed by atoms with Crippen LogP contribution in [0.1, 0.15) is 69.5 Å². The zero-order valence-electron chi connectivity index (χ0n) is 17.9. The topological polar surface area (TPSA) is 36.3 Å². The lowest BCUT2D eigenvalue weighted by atomic mass is 9.94. The molecule has 0 amide bonds. The zero-order chi connectivity index (χ0) is 20.3. The molecule has 0 aliphatic rings. The largest absolute Gasteiger partial charge is 0.497 e. The fourth-order valence-corrected chi connectivity index (χ4v) is 3.68. The van der Waals surface area contributed by atoms with Gasteiger partial charge >= 0.3 is 0 Å². The smallest absolute Gasteiger partial charge is 0.122 e. The Morgan fingerprint density at radius 2 is 1.54 bits per heavy atom. The second-order valence-electron chi connectivity index (χ2n) is 8.04. The first kappa shape index (κ1) is 20.2. The van der Waals surface area contributed by atoms with Crippen molar-refractivity contribution in [1.29, 1.82) is 0 Å². The number of nitrogens with zero attached hydrogens (tertiary/aromatic N) is 2. The van der Waals surface area contributed by atoms with E-state index >= 15 is 0 Å². The van der Waals surface area contributed by atoms with E-state index in [9.17, 15) is 0 Å². The highest BCUT2D eigenvalue weighted by molar-refractivity contribution is 5.79. The Hall–Kier alpha value is -2.49. The van der Waals surface area contributed by atoms with Gasteiger partial charge in [-0.05, 0) is 67.0 Å². The van der Waals surface area contributed by atoms with Gasteiger partial charge in [0.15, 0.2) is 0 Å². The zero-order valence-corrected chi connectivity index (χ0v) is 17.9. The van der Waals surface area contributed by atoms with E-state index in [1.54, 1.807) is 14.2 Å². The number of benzene rings is 2. The number of ether oxygens (including phenoxy) is 2. The monoisotopic (exact) mass is 380 g/mol. The van der Waals surface area contributed by atoms with Crippen LogP contribution in [0.15, 0.2) is 42.6 Å². The molecule has 3 rings (SSSR count). The van der Waals surface area contributed by atoms with Crippen LogP contribution in [0.25, 0.3) is 10.9 Å². The lowest BCUT2D eigenvalue weighted by Crippen LogP contribution is -2.08. The fourth-order valence-electron chi connectivity index (χ4n) is 3.68. The van der Waals surface area contributed by atoms with Crippen molar-refractivity contribution < 1.29 is 9.47 Å². The standard InChI is InChI=1S/C24H32N2O2/c1-16(2)19-9-10-24-21(11-19)15-25-26(24)18(4)8-7-17(3)20-12-22(27-5)14-23(13-20)28-6/h9-18H,7-8H2,1-6H3. The van der Waals surface area contributed by atoms with Crippen LogP contribution in [0, 0.1) is 0 Å². The van der Waals surface area contributed by atoms with Crippen LogP contribution in [0.3, 0.4) is 0 Å². The van der Waals surface area contributed by atoms with Crippen molar-refractivity contribution in [1.82, 2.24) is 9.78 Å². The highest BCUT2D eigenvalue weighted by atomic mass is 16.5. The minimum atomic E-state index is 0.345. The van der Waals surface area contributed by atoms with Crippen molar-refractivity contribution in [3.8, 4) is 11.5 Å². The molecule has 2 unspecified atom stereocenters. The summed E-state index contributed by atoms with van der Waals surface area (Å²) in [5.41, 5.74) is 3.82. The molecule has 0 N–H and O–H groups in total. The molecule has 0 fully saturated rings. The summed E-state index contributed by atoms with van der Waals surface area (Å²) in [6.45, 7) is 8.96. The maximum Gasteiger partial charge on any atom is 0.122 e. The molecule has 0 aliphatic heterocycles. The number of rotatable bonds is 8. The van der Waals surface area contributed by atoms with E-state index < -0.39 is 0 Å². The van der Waals surface area contributed by atoms with Gasteiger partial charge in [0.1, 0.15) is 11.5 Å². The Bertz CT molecular complexity index is 907. The van der Waals surface area contributed by atoms with Crippen LogP contribution in [0.5, 0.6) is 11.5 Å². The molecule has 0 aliphatic carbocycles. The molecule has 150 valence electrons. The minimum Gasteiger partial charge on any atom is -0.497 e. The predicted octanol–water partition coefficient (Wildman–Crippen LogP) is 6.32. The van der Waals surface area contributed by atoms with E-state index in [4.69, 9.17) is 9.47 Å². The average Bonchev–Trinajstić information content (AvgIpc) is 3.14. The lowest BCUT2D eigenvalue weighted by Gasteiger charge is -2.18. The summed E-state index contributed by atoms with van der Waals surface area (Å²) in [6.07, 6.45) is 4.13. The van der Waals surface area contributed by atoms with Crippen molar-refractivity contribution in [2.24, 2.45) is 0 Å². The van der Waals surface area contributed by atoms with E-state index in [2.05, 4.69) is 67.8 Å².